The van der Waals surface area contributed by atoms with Crippen LogP contribution in [0.5, 0.6) is 0 Å². The molecule has 1 aromatic rings. The van der Waals surface area contributed by atoms with Crippen molar-refractivity contribution in [1.29, 1.82) is 0 Å². The van der Waals surface area contributed by atoms with Crippen molar-refractivity contribution < 1.29 is 4.74 Å². The quantitative estimate of drug-likeness (QED) is 0.807. The van der Waals surface area contributed by atoms with Crippen molar-refractivity contribution in [1.82, 2.24) is 14.9 Å². The van der Waals surface area contributed by atoms with Crippen molar-refractivity contribution in [3.8, 4) is 0 Å². The van der Waals surface area contributed by atoms with E-state index in [1.54, 1.807) is 7.11 Å². The lowest BCUT2D eigenvalue weighted by Crippen LogP contribution is -2.56. The molecule has 22 heavy (non-hydrogen) atoms. The Morgan fingerprint density at radius 2 is 1.64 bits per heavy atom. The Hall–Kier alpha value is -1.20. The molecule has 0 radical (unpaired) electrons. The van der Waals surface area contributed by atoms with Gasteiger partial charge in [0.25, 0.3) is 0 Å². The predicted molar refractivity (Wildman–Crippen MR) is 90.2 cm³/mol. The Morgan fingerprint density at radius 1 is 1.05 bits per heavy atom. The minimum Gasteiger partial charge on any atom is -0.384 e. The molecule has 0 unspecified atom stereocenters. The number of aromatic nitrogens is 2. The molecule has 0 amide bonds. The largest absolute Gasteiger partial charge is 0.384 e. The zero-order valence-corrected chi connectivity index (χ0v) is 14.7. The molecular formula is C17H30N4O. The summed E-state index contributed by atoms with van der Waals surface area (Å²) in [7, 11) is 1.79. The topological polar surface area (TPSA) is 41.5 Å². The van der Waals surface area contributed by atoms with Crippen LogP contribution in [0.1, 0.15) is 34.1 Å². The Kier molecular flexibility index (Phi) is 5.40. The smallest absolute Gasteiger partial charge is 0.225 e. The van der Waals surface area contributed by atoms with Crippen LogP contribution in [0, 0.1) is 5.41 Å². The lowest BCUT2D eigenvalue weighted by molar-refractivity contribution is 0.0273. The highest BCUT2D eigenvalue weighted by atomic mass is 16.5. The minimum absolute atomic E-state index is 0.172. The van der Waals surface area contributed by atoms with Gasteiger partial charge in [-0.15, -0.1) is 0 Å². The average Bonchev–Trinajstić information content (AvgIpc) is 2.47. The highest BCUT2D eigenvalue weighted by Gasteiger charge is 2.35. The third kappa shape index (κ3) is 4.40. The zero-order chi connectivity index (χ0) is 16.2. The van der Waals surface area contributed by atoms with E-state index in [0.29, 0.717) is 0 Å². The van der Waals surface area contributed by atoms with E-state index in [4.69, 9.17) is 4.74 Å². The molecule has 1 fully saturated rings. The van der Waals surface area contributed by atoms with E-state index < -0.39 is 0 Å². The van der Waals surface area contributed by atoms with Crippen LogP contribution in [0.25, 0.3) is 0 Å². The highest BCUT2D eigenvalue weighted by Crippen LogP contribution is 2.32. The summed E-state index contributed by atoms with van der Waals surface area (Å²) in [6, 6.07) is 1.86. The van der Waals surface area contributed by atoms with E-state index >= 15 is 0 Å². The molecule has 0 aromatic carbocycles. The van der Waals surface area contributed by atoms with Gasteiger partial charge in [-0.2, -0.15) is 0 Å². The lowest BCUT2D eigenvalue weighted by Gasteiger charge is -2.47. The summed E-state index contributed by atoms with van der Waals surface area (Å²) in [5, 5.41) is 0. The van der Waals surface area contributed by atoms with Gasteiger partial charge < -0.3 is 9.64 Å². The van der Waals surface area contributed by atoms with E-state index in [1.807, 2.05) is 18.5 Å². The molecule has 0 N–H and O–H groups in total. The summed E-state index contributed by atoms with van der Waals surface area (Å²) in [4.78, 5) is 13.6. The van der Waals surface area contributed by atoms with Crippen molar-refractivity contribution in [3.05, 3.63) is 18.5 Å². The van der Waals surface area contributed by atoms with Crippen molar-refractivity contribution >= 4 is 5.95 Å². The van der Waals surface area contributed by atoms with Crippen LogP contribution in [0.15, 0.2) is 18.5 Å². The molecule has 1 saturated heterocycles. The molecule has 0 saturated carbocycles. The number of hydrogen-bond acceptors (Lipinski definition) is 5. The normalized spacial score (nSPS) is 17.8. The molecule has 0 aliphatic carbocycles. The van der Waals surface area contributed by atoms with Crippen molar-refractivity contribution in [3.63, 3.8) is 0 Å². The standard InChI is InChI=1S/C17H30N4O/c1-16(2,14-22-5)13-17(3,4)21-11-9-20(10-12-21)15-18-7-6-8-19-15/h6-8H,9-14H2,1-5H3. The first-order chi connectivity index (χ1) is 10.3. The van der Waals surface area contributed by atoms with Gasteiger partial charge in [-0.25, -0.2) is 9.97 Å². The molecule has 0 bridgehead atoms. The van der Waals surface area contributed by atoms with Crippen LogP contribution in [-0.4, -0.2) is 60.3 Å². The molecule has 1 aliphatic heterocycles. The first kappa shape index (κ1) is 17.2. The number of hydrogen-bond donors (Lipinski definition) is 0. The van der Waals surface area contributed by atoms with E-state index in [-0.39, 0.29) is 11.0 Å². The molecule has 1 aromatic heterocycles. The van der Waals surface area contributed by atoms with Crippen LogP contribution in [0.3, 0.4) is 0 Å². The van der Waals surface area contributed by atoms with Crippen LogP contribution in [-0.2, 0) is 4.74 Å². The number of anilines is 1. The van der Waals surface area contributed by atoms with Gasteiger partial charge in [0.15, 0.2) is 0 Å². The van der Waals surface area contributed by atoms with Crippen molar-refractivity contribution in [2.24, 2.45) is 5.41 Å². The molecule has 2 heterocycles. The second-order valence-electron chi connectivity index (χ2n) is 7.61. The fourth-order valence-corrected chi connectivity index (χ4v) is 3.69. The maximum absolute atomic E-state index is 5.37. The monoisotopic (exact) mass is 306 g/mol. The minimum atomic E-state index is 0.172. The SMILES string of the molecule is COCC(C)(C)CC(C)(C)N1CCN(c2ncccn2)CC1. The van der Waals surface area contributed by atoms with Crippen LogP contribution in [0.4, 0.5) is 5.95 Å². The van der Waals surface area contributed by atoms with Gasteiger partial charge >= 0.3 is 0 Å². The molecule has 0 spiro atoms. The van der Waals surface area contributed by atoms with E-state index in [0.717, 1.165) is 45.2 Å². The maximum atomic E-state index is 5.37. The molecule has 5 heteroatoms. The van der Waals surface area contributed by atoms with E-state index in [1.165, 1.54) is 0 Å². The zero-order valence-electron chi connectivity index (χ0n) is 14.7. The number of piperazine rings is 1. The van der Waals surface area contributed by atoms with Crippen LogP contribution in [0.2, 0.25) is 0 Å². The second kappa shape index (κ2) is 6.92. The van der Waals surface area contributed by atoms with Crippen LogP contribution < -0.4 is 4.90 Å². The fraction of sp³-hybridized carbons (Fsp3) is 0.765. The molecule has 2 rings (SSSR count). The van der Waals surface area contributed by atoms with Gasteiger partial charge in [0.1, 0.15) is 0 Å². The Labute approximate surface area is 134 Å². The van der Waals surface area contributed by atoms with Gasteiger partial charge in [-0.3, -0.25) is 4.90 Å². The number of nitrogens with zero attached hydrogens (tertiary/aromatic N) is 4. The number of methoxy groups -OCH3 is 1. The predicted octanol–water partition coefficient (Wildman–Crippen LogP) is 2.44. The van der Waals surface area contributed by atoms with Gasteiger partial charge in [0.05, 0.1) is 6.61 Å². The summed E-state index contributed by atoms with van der Waals surface area (Å²) in [5.74, 6) is 0.847. The summed E-state index contributed by atoms with van der Waals surface area (Å²) >= 11 is 0. The third-order valence-corrected chi connectivity index (χ3v) is 4.42. The average molecular weight is 306 g/mol. The van der Waals surface area contributed by atoms with Crippen molar-refractivity contribution in [2.45, 2.75) is 39.7 Å². The summed E-state index contributed by atoms with van der Waals surface area (Å²) < 4.78 is 5.37. The molecule has 0 atom stereocenters. The van der Waals surface area contributed by atoms with E-state index in [9.17, 15) is 0 Å². The maximum Gasteiger partial charge on any atom is 0.225 e. The summed E-state index contributed by atoms with van der Waals surface area (Å²) in [6.07, 6.45) is 4.74. The number of ether oxygens (including phenoxy) is 1. The molecule has 5 nitrogen and oxygen atoms in total. The second-order valence-corrected chi connectivity index (χ2v) is 7.61. The summed E-state index contributed by atoms with van der Waals surface area (Å²) in [5.41, 5.74) is 0.365. The van der Waals surface area contributed by atoms with Gasteiger partial charge in [-0.1, -0.05) is 13.8 Å². The third-order valence-electron chi connectivity index (χ3n) is 4.42. The fourth-order valence-electron chi connectivity index (χ4n) is 3.69. The molecular weight excluding hydrogens is 276 g/mol. The van der Waals surface area contributed by atoms with Gasteiger partial charge in [0.2, 0.25) is 5.95 Å². The van der Waals surface area contributed by atoms with Crippen molar-refractivity contribution in [2.75, 3.05) is 44.8 Å². The molecule has 124 valence electrons. The van der Waals surface area contributed by atoms with Crippen LogP contribution >= 0.6 is 0 Å². The number of rotatable bonds is 6. The first-order valence-electron chi connectivity index (χ1n) is 8.10. The summed E-state index contributed by atoms with van der Waals surface area (Å²) in [6.45, 7) is 14.1. The first-order valence-corrected chi connectivity index (χ1v) is 8.10. The highest BCUT2D eigenvalue weighted by molar-refractivity contribution is 5.29. The lowest BCUT2D eigenvalue weighted by atomic mass is 9.79. The van der Waals surface area contributed by atoms with Gasteiger partial charge in [-0.05, 0) is 31.7 Å². The van der Waals surface area contributed by atoms with Gasteiger partial charge in [0, 0.05) is 51.2 Å². The van der Waals surface area contributed by atoms with E-state index in [2.05, 4.69) is 47.5 Å². The molecule has 1 aliphatic rings. The Bertz CT molecular complexity index is 453. The Balaban J connectivity index is 1.92. The Morgan fingerprint density at radius 3 is 2.18 bits per heavy atom.